The molecule has 5 rings (SSSR count). The predicted octanol–water partition coefficient (Wildman–Crippen LogP) is 6.83. The number of amidine groups is 1. The standard InChI is InChI=1S/C30H27F4N7O3S/c1-17(2)22-13-23(31)25(39(3)4)14-24(22)41-26(42)15-45-29(41)37-28(43)36-19-7-9-20(10-8-19)40-16-35-27(38-40)18-5-11-21(12-6-18)44-30(32,33)34/h5-14,16-17H,15H2,1-4H3,(H,36,43). The van der Waals surface area contributed by atoms with Crippen LogP contribution in [0.25, 0.3) is 17.1 Å². The van der Waals surface area contributed by atoms with Gasteiger partial charge in [0.2, 0.25) is 5.91 Å². The summed E-state index contributed by atoms with van der Waals surface area (Å²) >= 11 is 1.12. The fourth-order valence-electron chi connectivity index (χ4n) is 4.51. The first-order valence-electron chi connectivity index (χ1n) is 13.5. The molecular formula is C30H27F4N7O3S. The van der Waals surface area contributed by atoms with Gasteiger partial charge in [0, 0.05) is 25.3 Å². The summed E-state index contributed by atoms with van der Waals surface area (Å²) in [4.78, 5) is 37.1. The number of halogens is 4. The second kappa shape index (κ2) is 12.6. The van der Waals surface area contributed by atoms with Gasteiger partial charge < -0.3 is 15.0 Å². The van der Waals surface area contributed by atoms with Crippen molar-refractivity contribution in [3.05, 3.63) is 78.4 Å². The highest BCUT2D eigenvalue weighted by Gasteiger charge is 2.34. The van der Waals surface area contributed by atoms with Gasteiger partial charge in [-0.25, -0.2) is 18.9 Å². The second-order valence-corrected chi connectivity index (χ2v) is 11.3. The number of hydrogen-bond donors (Lipinski definition) is 1. The van der Waals surface area contributed by atoms with Crippen LogP contribution in [0.1, 0.15) is 25.3 Å². The molecule has 0 spiro atoms. The van der Waals surface area contributed by atoms with E-state index < -0.39 is 18.2 Å². The maximum Gasteiger partial charge on any atom is 0.573 e. The number of hydrogen-bond acceptors (Lipinski definition) is 7. The van der Waals surface area contributed by atoms with Gasteiger partial charge in [-0.15, -0.1) is 18.3 Å². The second-order valence-electron chi connectivity index (χ2n) is 10.4. The van der Waals surface area contributed by atoms with E-state index in [0.717, 1.165) is 11.8 Å². The van der Waals surface area contributed by atoms with E-state index in [1.165, 1.54) is 46.2 Å². The van der Waals surface area contributed by atoms with Crippen LogP contribution >= 0.6 is 11.8 Å². The van der Waals surface area contributed by atoms with E-state index in [4.69, 9.17) is 0 Å². The highest BCUT2D eigenvalue weighted by Crippen LogP contribution is 2.37. The highest BCUT2D eigenvalue weighted by atomic mass is 32.2. The molecule has 1 aliphatic heterocycles. The number of aromatic nitrogens is 3. The Morgan fingerprint density at radius 3 is 2.40 bits per heavy atom. The van der Waals surface area contributed by atoms with Crippen molar-refractivity contribution in [2.45, 2.75) is 26.1 Å². The van der Waals surface area contributed by atoms with E-state index in [2.05, 4.69) is 25.1 Å². The molecule has 1 aliphatic rings. The lowest BCUT2D eigenvalue weighted by atomic mass is 9.99. The molecular weight excluding hydrogens is 614 g/mol. The Hall–Kier alpha value is -4.92. The normalized spacial score (nSPS) is 14.4. The minimum absolute atomic E-state index is 0.0817. The lowest BCUT2D eigenvalue weighted by Crippen LogP contribution is -2.31. The Labute approximate surface area is 259 Å². The fourth-order valence-corrected chi connectivity index (χ4v) is 5.37. The lowest BCUT2D eigenvalue weighted by Gasteiger charge is -2.24. The van der Waals surface area contributed by atoms with Crippen molar-refractivity contribution in [2.24, 2.45) is 4.99 Å². The molecule has 1 aromatic heterocycles. The van der Waals surface area contributed by atoms with Gasteiger partial charge in [0.15, 0.2) is 11.0 Å². The van der Waals surface area contributed by atoms with Crippen LogP contribution in [0, 0.1) is 5.82 Å². The number of carbonyl (C=O) groups excluding carboxylic acids is 2. The third-order valence-electron chi connectivity index (χ3n) is 6.62. The molecule has 0 saturated carbocycles. The number of thioether (sulfide) groups is 1. The molecule has 4 aromatic rings. The largest absolute Gasteiger partial charge is 0.573 e. The molecule has 1 N–H and O–H groups in total. The zero-order valence-corrected chi connectivity index (χ0v) is 25.3. The Balaban J connectivity index is 1.30. The number of rotatable bonds is 7. The zero-order chi connectivity index (χ0) is 32.5. The summed E-state index contributed by atoms with van der Waals surface area (Å²) in [5.74, 6) is -0.771. The van der Waals surface area contributed by atoms with Gasteiger partial charge in [0.1, 0.15) is 17.9 Å². The Kier molecular flexibility index (Phi) is 8.82. The van der Waals surface area contributed by atoms with E-state index in [9.17, 15) is 27.2 Å². The number of urea groups is 1. The number of carbonyl (C=O) groups is 2. The quantitative estimate of drug-likeness (QED) is 0.221. The molecule has 0 atom stereocenters. The predicted molar refractivity (Wildman–Crippen MR) is 165 cm³/mol. The number of amides is 3. The summed E-state index contributed by atoms with van der Waals surface area (Å²) in [6.07, 6.45) is -3.34. The number of alkyl halides is 3. The average Bonchev–Trinajstić information content (AvgIpc) is 3.60. The number of anilines is 3. The van der Waals surface area contributed by atoms with E-state index in [1.807, 2.05) is 13.8 Å². The summed E-state index contributed by atoms with van der Waals surface area (Å²) in [5, 5.41) is 7.23. The molecule has 3 aromatic carbocycles. The third kappa shape index (κ3) is 7.25. The monoisotopic (exact) mass is 641 g/mol. The first kappa shape index (κ1) is 31.5. The number of benzene rings is 3. The molecule has 1 saturated heterocycles. The van der Waals surface area contributed by atoms with Crippen molar-refractivity contribution >= 4 is 45.9 Å². The van der Waals surface area contributed by atoms with E-state index in [1.54, 1.807) is 49.3 Å². The van der Waals surface area contributed by atoms with Crippen molar-refractivity contribution in [2.75, 3.05) is 35.0 Å². The van der Waals surface area contributed by atoms with Crippen molar-refractivity contribution in [3.8, 4) is 22.8 Å². The molecule has 3 amide bonds. The number of nitrogens with zero attached hydrogens (tertiary/aromatic N) is 6. The van der Waals surface area contributed by atoms with Gasteiger partial charge in [0.25, 0.3) is 0 Å². The van der Waals surface area contributed by atoms with Crippen LogP contribution in [-0.4, -0.2) is 58.1 Å². The smallest absolute Gasteiger partial charge is 0.406 e. The minimum atomic E-state index is -4.79. The van der Waals surface area contributed by atoms with E-state index in [-0.39, 0.29) is 34.3 Å². The Bertz CT molecular complexity index is 1750. The van der Waals surface area contributed by atoms with Gasteiger partial charge in [-0.3, -0.25) is 9.69 Å². The van der Waals surface area contributed by atoms with Crippen molar-refractivity contribution in [1.82, 2.24) is 14.8 Å². The third-order valence-corrected chi connectivity index (χ3v) is 7.55. The summed E-state index contributed by atoms with van der Waals surface area (Å²) in [5.41, 5.74) is 2.90. The van der Waals surface area contributed by atoms with Crippen molar-refractivity contribution in [3.63, 3.8) is 0 Å². The number of ether oxygens (including phenoxy) is 1. The molecule has 10 nitrogen and oxygen atoms in total. The molecule has 0 bridgehead atoms. The Morgan fingerprint density at radius 2 is 1.78 bits per heavy atom. The minimum Gasteiger partial charge on any atom is -0.406 e. The van der Waals surface area contributed by atoms with Crippen molar-refractivity contribution in [1.29, 1.82) is 0 Å². The summed E-state index contributed by atoms with van der Waals surface area (Å²) in [6, 6.07) is 14.1. The highest BCUT2D eigenvalue weighted by molar-refractivity contribution is 8.15. The van der Waals surface area contributed by atoms with Crippen LogP contribution < -0.4 is 19.9 Å². The molecule has 1 fully saturated rings. The van der Waals surface area contributed by atoms with Gasteiger partial charge in [-0.2, -0.15) is 4.99 Å². The topological polar surface area (TPSA) is 105 Å². The molecule has 15 heteroatoms. The van der Waals surface area contributed by atoms with Crippen LogP contribution in [0.2, 0.25) is 0 Å². The summed E-state index contributed by atoms with van der Waals surface area (Å²) < 4.78 is 57.4. The molecule has 0 radical (unpaired) electrons. The fraction of sp³-hybridized carbons (Fsp3) is 0.233. The average molecular weight is 642 g/mol. The first-order valence-corrected chi connectivity index (χ1v) is 14.5. The first-order chi connectivity index (χ1) is 21.3. The van der Waals surface area contributed by atoms with Gasteiger partial charge in [0.05, 0.1) is 22.8 Å². The SMILES string of the molecule is CC(C)c1cc(F)c(N(C)C)cc1N1C(=O)CSC1=NC(=O)Nc1ccc(-n2cnc(-c3ccc(OC(F)(F)F)cc3)n2)cc1. The number of aliphatic imine (C=N–C) groups is 1. The van der Waals surface area contributed by atoms with Crippen LogP contribution in [0.5, 0.6) is 5.75 Å². The molecule has 45 heavy (non-hydrogen) atoms. The molecule has 0 aliphatic carbocycles. The number of nitrogens with one attached hydrogen (secondary N) is 1. The summed E-state index contributed by atoms with van der Waals surface area (Å²) in [6.45, 7) is 3.78. The molecule has 234 valence electrons. The van der Waals surface area contributed by atoms with Crippen LogP contribution in [0.3, 0.4) is 0 Å². The molecule has 2 heterocycles. The van der Waals surface area contributed by atoms with E-state index in [0.29, 0.717) is 33.9 Å². The van der Waals surface area contributed by atoms with Crippen LogP contribution in [0.15, 0.2) is 72.0 Å². The van der Waals surface area contributed by atoms with Crippen molar-refractivity contribution < 1.29 is 31.9 Å². The van der Waals surface area contributed by atoms with Gasteiger partial charge in [-0.1, -0.05) is 25.6 Å². The maximum atomic E-state index is 14.8. The zero-order valence-electron chi connectivity index (χ0n) is 24.5. The Morgan fingerprint density at radius 1 is 1.09 bits per heavy atom. The van der Waals surface area contributed by atoms with Crippen LogP contribution in [0.4, 0.5) is 39.4 Å². The summed E-state index contributed by atoms with van der Waals surface area (Å²) in [7, 11) is 3.40. The maximum absolute atomic E-state index is 14.8. The van der Waals surface area contributed by atoms with Gasteiger partial charge in [-0.05, 0) is 72.1 Å². The van der Waals surface area contributed by atoms with Crippen LogP contribution in [-0.2, 0) is 4.79 Å². The lowest BCUT2D eigenvalue weighted by molar-refractivity contribution is -0.274. The van der Waals surface area contributed by atoms with Gasteiger partial charge >= 0.3 is 12.4 Å². The van der Waals surface area contributed by atoms with E-state index >= 15 is 0 Å². The molecule has 0 unspecified atom stereocenters.